The summed E-state index contributed by atoms with van der Waals surface area (Å²) in [6.45, 7) is 0.603. The van der Waals surface area contributed by atoms with Gasteiger partial charge in [0, 0.05) is 6.07 Å². The van der Waals surface area contributed by atoms with Crippen molar-refractivity contribution in [3.8, 4) is 11.4 Å². The minimum absolute atomic E-state index is 0.603. The minimum atomic E-state index is 0.603. The van der Waals surface area contributed by atoms with Gasteiger partial charge >= 0.3 is 0 Å². The summed E-state index contributed by atoms with van der Waals surface area (Å²) in [5, 5.41) is 14.6. The highest BCUT2D eigenvalue weighted by Crippen LogP contribution is 2.27. The molecule has 0 saturated heterocycles. The van der Waals surface area contributed by atoms with E-state index in [-0.39, 0.29) is 0 Å². The van der Waals surface area contributed by atoms with Crippen LogP contribution in [-0.4, -0.2) is 34.4 Å². The van der Waals surface area contributed by atoms with Crippen molar-refractivity contribution in [1.82, 2.24) is 25.5 Å². The van der Waals surface area contributed by atoms with Gasteiger partial charge < -0.3 is 10.1 Å². The van der Waals surface area contributed by atoms with E-state index in [2.05, 4.69) is 36.8 Å². The molecule has 0 radical (unpaired) electrons. The van der Waals surface area contributed by atoms with Gasteiger partial charge in [-0.25, -0.2) is 0 Å². The third kappa shape index (κ3) is 2.45. The van der Waals surface area contributed by atoms with Crippen LogP contribution in [0.25, 0.3) is 5.69 Å². The lowest BCUT2D eigenvalue weighted by Crippen LogP contribution is -2.12. The third-order valence-electron chi connectivity index (χ3n) is 2.25. The van der Waals surface area contributed by atoms with Crippen molar-refractivity contribution < 1.29 is 4.74 Å². The number of nitrogens with zero attached hydrogens (tertiary/aromatic N) is 4. The maximum absolute atomic E-state index is 5.24. The van der Waals surface area contributed by atoms with Crippen LogP contribution in [0.4, 0.5) is 0 Å². The van der Waals surface area contributed by atoms with Crippen molar-refractivity contribution in [2.24, 2.45) is 0 Å². The largest absolute Gasteiger partial charge is 0.495 e. The van der Waals surface area contributed by atoms with E-state index in [1.54, 1.807) is 11.8 Å². The zero-order chi connectivity index (χ0) is 12.3. The van der Waals surface area contributed by atoms with Gasteiger partial charge in [-0.05, 0) is 45.5 Å². The normalized spacial score (nSPS) is 10.5. The fourth-order valence-electron chi connectivity index (χ4n) is 1.45. The van der Waals surface area contributed by atoms with Gasteiger partial charge in [0.1, 0.15) is 5.75 Å². The van der Waals surface area contributed by atoms with E-state index in [9.17, 15) is 0 Å². The molecule has 1 aromatic carbocycles. The van der Waals surface area contributed by atoms with Crippen LogP contribution in [-0.2, 0) is 6.54 Å². The third-order valence-corrected chi connectivity index (χ3v) is 2.90. The first-order chi connectivity index (χ1) is 8.26. The molecule has 6 nitrogen and oxygen atoms in total. The molecule has 1 aromatic heterocycles. The van der Waals surface area contributed by atoms with Crippen LogP contribution in [0.3, 0.4) is 0 Å². The standard InChI is InChI=1S/C10H12BrN5O/c1-12-6-10-13-14-15-16(10)7-3-4-8(11)9(5-7)17-2/h3-5,12H,6H2,1-2H3. The number of ether oxygens (including phenoxy) is 1. The van der Waals surface area contributed by atoms with E-state index in [4.69, 9.17) is 4.74 Å². The smallest absolute Gasteiger partial charge is 0.170 e. The molecule has 90 valence electrons. The molecule has 0 aliphatic heterocycles. The maximum atomic E-state index is 5.24. The quantitative estimate of drug-likeness (QED) is 0.917. The van der Waals surface area contributed by atoms with Crippen LogP contribution in [0.15, 0.2) is 22.7 Å². The molecule has 0 aliphatic rings. The lowest BCUT2D eigenvalue weighted by molar-refractivity contribution is 0.411. The van der Waals surface area contributed by atoms with Crippen LogP contribution in [0.2, 0.25) is 0 Å². The van der Waals surface area contributed by atoms with Crippen molar-refractivity contribution in [3.63, 3.8) is 0 Å². The Morgan fingerprint density at radius 3 is 3.00 bits per heavy atom. The minimum Gasteiger partial charge on any atom is -0.495 e. The van der Waals surface area contributed by atoms with E-state index >= 15 is 0 Å². The molecule has 0 aliphatic carbocycles. The van der Waals surface area contributed by atoms with E-state index < -0.39 is 0 Å². The van der Waals surface area contributed by atoms with E-state index in [1.165, 1.54) is 0 Å². The molecule has 0 spiro atoms. The summed E-state index contributed by atoms with van der Waals surface area (Å²) in [6, 6.07) is 5.70. The lowest BCUT2D eigenvalue weighted by atomic mass is 10.3. The molecule has 1 heterocycles. The summed E-state index contributed by atoms with van der Waals surface area (Å²) >= 11 is 3.40. The SMILES string of the molecule is CNCc1nnnn1-c1ccc(Br)c(OC)c1. The predicted molar refractivity (Wildman–Crippen MR) is 66.2 cm³/mol. The Balaban J connectivity index is 2.42. The Morgan fingerprint density at radius 2 is 2.29 bits per heavy atom. The van der Waals surface area contributed by atoms with E-state index in [0.717, 1.165) is 21.7 Å². The Hall–Kier alpha value is -1.47. The summed E-state index contributed by atoms with van der Waals surface area (Å²) in [6.07, 6.45) is 0. The van der Waals surface area contributed by atoms with Crippen LogP contribution in [0, 0.1) is 0 Å². The Kier molecular flexibility index (Phi) is 3.70. The zero-order valence-electron chi connectivity index (χ0n) is 9.51. The van der Waals surface area contributed by atoms with Gasteiger partial charge in [0.25, 0.3) is 0 Å². The summed E-state index contributed by atoms with van der Waals surface area (Å²) < 4.78 is 7.81. The van der Waals surface area contributed by atoms with Gasteiger partial charge in [0.2, 0.25) is 0 Å². The highest BCUT2D eigenvalue weighted by molar-refractivity contribution is 9.10. The molecule has 2 aromatic rings. The van der Waals surface area contributed by atoms with Crippen molar-refractivity contribution in [2.75, 3.05) is 14.2 Å². The first-order valence-corrected chi connectivity index (χ1v) is 5.81. The Bertz CT molecular complexity index is 513. The van der Waals surface area contributed by atoms with Gasteiger partial charge in [-0.3, -0.25) is 0 Å². The molecule has 7 heteroatoms. The van der Waals surface area contributed by atoms with E-state index in [0.29, 0.717) is 6.54 Å². The molecule has 0 amide bonds. The number of methoxy groups -OCH3 is 1. The molecular formula is C10H12BrN5O. The van der Waals surface area contributed by atoms with Crippen molar-refractivity contribution in [3.05, 3.63) is 28.5 Å². The molecule has 0 unspecified atom stereocenters. The lowest BCUT2D eigenvalue weighted by Gasteiger charge is -2.07. The second-order valence-corrected chi connectivity index (χ2v) is 4.21. The van der Waals surface area contributed by atoms with Crippen molar-refractivity contribution in [1.29, 1.82) is 0 Å². The van der Waals surface area contributed by atoms with Gasteiger partial charge in [0.15, 0.2) is 5.82 Å². The van der Waals surface area contributed by atoms with Crippen LogP contribution in [0.1, 0.15) is 5.82 Å². The van der Waals surface area contributed by atoms with Crippen LogP contribution in [0.5, 0.6) is 5.75 Å². The fraction of sp³-hybridized carbons (Fsp3) is 0.300. The van der Waals surface area contributed by atoms with Gasteiger partial charge in [-0.1, -0.05) is 0 Å². The predicted octanol–water partition coefficient (Wildman–Crippen LogP) is 1.15. The second kappa shape index (κ2) is 5.24. The summed E-state index contributed by atoms with van der Waals surface area (Å²) in [5.74, 6) is 1.49. The molecule has 0 saturated carbocycles. The Morgan fingerprint density at radius 1 is 1.47 bits per heavy atom. The topological polar surface area (TPSA) is 64.9 Å². The number of aromatic nitrogens is 4. The average Bonchev–Trinajstić information content (AvgIpc) is 2.78. The Labute approximate surface area is 107 Å². The van der Waals surface area contributed by atoms with Gasteiger partial charge in [-0.2, -0.15) is 4.68 Å². The summed E-state index contributed by atoms with van der Waals surface area (Å²) in [7, 11) is 3.47. The van der Waals surface area contributed by atoms with Crippen molar-refractivity contribution >= 4 is 15.9 Å². The molecule has 0 bridgehead atoms. The highest BCUT2D eigenvalue weighted by atomic mass is 79.9. The average molecular weight is 298 g/mol. The molecule has 0 fully saturated rings. The number of hydrogen-bond acceptors (Lipinski definition) is 5. The fourth-order valence-corrected chi connectivity index (χ4v) is 1.86. The molecular weight excluding hydrogens is 286 g/mol. The van der Waals surface area contributed by atoms with Crippen LogP contribution >= 0.6 is 15.9 Å². The van der Waals surface area contributed by atoms with Crippen LogP contribution < -0.4 is 10.1 Å². The molecule has 17 heavy (non-hydrogen) atoms. The molecule has 2 rings (SSSR count). The number of tetrazole rings is 1. The number of nitrogens with one attached hydrogen (secondary N) is 1. The van der Waals surface area contributed by atoms with Gasteiger partial charge in [-0.15, -0.1) is 5.10 Å². The molecule has 1 N–H and O–H groups in total. The number of rotatable bonds is 4. The maximum Gasteiger partial charge on any atom is 0.170 e. The van der Waals surface area contributed by atoms with Crippen molar-refractivity contribution in [2.45, 2.75) is 6.54 Å². The number of benzene rings is 1. The zero-order valence-corrected chi connectivity index (χ0v) is 11.1. The second-order valence-electron chi connectivity index (χ2n) is 3.36. The molecule has 0 atom stereocenters. The summed E-state index contributed by atoms with van der Waals surface area (Å²) in [5.41, 5.74) is 0.861. The first-order valence-electron chi connectivity index (χ1n) is 5.02. The van der Waals surface area contributed by atoms with Gasteiger partial charge in [0.05, 0.1) is 23.8 Å². The summed E-state index contributed by atoms with van der Waals surface area (Å²) in [4.78, 5) is 0. The first kappa shape index (κ1) is 12.0. The number of halogens is 1. The monoisotopic (exact) mass is 297 g/mol. The number of hydrogen-bond donors (Lipinski definition) is 1. The van der Waals surface area contributed by atoms with E-state index in [1.807, 2.05) is 25.2 Å². The highest BCUT2D eigenvalue weighted by Gasteiger charge is 2.09.